The van der Waals surface area contributed by atoms with Crippen molar-refractivity contribution in [2.75, 3.05) is 18.0 Å². The molecule has 172 valence electrons. The molecule has 0 aliphatic heterocycles. The molecular formula is C22H18Cl3N3O4S. The van der Waals surface area contributed by atoms with Gasteiger partial charge in [0.05, 0.1) is 34.0 Å². The molecule has 0 saturated heterocycles. The molecule has 0 spiro atoms. The molecule has 0 saturated carbocycles. The zero-order valence-corrected chi connectivity index (χ0v) is 20.3. The molecular weight excluding hydrogens is 509 g/mol. The Morgan fingerprint density at radius 3 is 2.39 bits per heavy atom. The monoisotopic (exact) mass is 525 g/mol. The van der Waals surface area contributed by atoms with E-state index in [9.17, 15) is 13.2 Å². The highest BCUT2D eigenvalue weighted by Gasteiger charge is 2.27. The van der Waals surface area contributed by atoms with E-state index in [4.69, 9.17) is 39.5 Å². The first-order valence-electron chi connectivity index (χ1n) is 9.40. The maximum atomic E-state index is 13.3. The van der Waals surface area contributed by atoms with Crippen molar-refractivity contribution in [3.05, 3.63) is 87.4 Å². The van der Waals surface area contributed by atoms with E-state index in [1.54, 1.807) is 30.3 Å². The highest BCUT2D eigenvalue weighted by molar-refractivity contribution is 7.92. The number of nitrogens with one attached hydrogen (secondary N) is 1. The van der Waals surface area contributed by atoms with E-state index in [-0.39, 0.29) is 15.6 Å². The molecule has 3 aromatic carbocycles. The lowest BCUT2D eigenvalue weighted by Gasteiger charge is -2.24. The van der Waals surface area contributed by atoms with Gasteiger partial charge in [-0.3, -0.25) is 9.10 Å². The van der Waals surface area contributed by atoms with Gasteiger partial charge in [-0.05, 0) is 42.5 Å². The lowest BCUT2D eigenvalue weighted by Crippen LogP contribution is -2.39. The molecule has 0 radical (unpaired) electrons. The topological polar surface area (TPSA) is 88.1 Å². The van der Waals surface area contributed by atoms with Crippen LogP contribution in [0.25, 0.3) is 0 Å². The Bertz CT molecular complexity index is 1290. The second-order valence-electron chi connectivity index (χ2n) is 6.60. The summed E-state index contributed by atoms with van der Waals surface area (Å²) in [5.74, 6) is -0.311. The molecule has 0 heterocycles. The van der Waals surface area contributed by atoms with Crippen molar-refractivity contribution in [3.8, 4) is 5.75 Å². The van der Waals surface area contributed by atoms with Crippen LogP contribution in [0.2, 0.25) is 15.1 Å². The van der Waals surface area contributed by atoms with Gasteiger partial charge in [-0.15, -0.1) is 0 Å². The minimum atomic E-state index is -4.09. The highest BCUT2D eigenvalue weighted by Crippen LogP contribution is 2.31. The molecule has 0 fully saturated rings. The third kappa shape index (κ3) is 6.17. The molecule has 0 unspecified atom stereocenters. The SMILES string of the molecule is COc1ccc(N(CC(=O)N/N=C\c2ccc(Cl)cc2Cl)S(=O)(=O)c2ccccc2)cc1Cl. The quantitative estimate of drug-likeness (QED) is 0.330. The van der Waals surface area contributed by atoms with Gasteiger partial charge in [0, 0.05) is 10.6 Å². The molecule has 1 amide bonds. The third-order valence-electron chi connectivity index (χ3n) is 4.40. The fourth-order valence-electron chi connectivity index (χ4n) is 2.79. The number of sulfonamides is 1. The average Bonchev–Trinajstić information content (AvgIpc) is 2.79. The van der Waals surface area contributed by atoms with Crippen LogP contribution < -0.4 is 14.5 Å². The summed E-state index contributed by atoms with van der Waals surface area (Å²) in [6.45, 7) is -0.550. The second-order valence-corrected chi connectivity index (χ2v) is 9.72. The zero-order chi connectivity index (χ0) is 24.0. The molecule has 0 aromatic heterocycles. The van der Waals surface area contributed by atoms with Gasteiger partial charge in [0.1, 0.15) is 12.3 Å². The van der Waals surface area contributed by atoms with Crippen LogP contribution in [0, 0.1) is 0 Å². The third-order valence-corrected chi connectivity index (χ3v) is 7.04. The van der Waals surface area contributed by atoms with Gasteiger partial charge in [-0.25, -0.2) is 13.8 Å². The number of amides is 1. The van der Waals surface area contributed by atoms with E-state index in [0.29, 0.717) is 21.4 Å². The Morgan fingerprint density at radius 2 is 1.76 bits per heavy atom. The predicted octanol–water partition coefficient (Wildman–Crippen LogP) is 5.00. The number of rotatable bonds is 8. The summed E-state index contributed by atoms with van der Waals surface area (Å²) >= 11 is 18.1. The first kappa shape index (κ1) is 24.9. The molecule has 3 rings (SSSR count). The van der Waals surface area contributed by atoms with Crippen LogP contribution >= 0.6 is 34.8 Å². The van der Waals surface area contributed by atoms with Gasteiger partial charge in [0.25, 0.3) is 15.9 Å². The van der Waals surface area contributed by atoms with Gasteiger partial charge < -0.3 is 4.74 Å². The van der Waals surface area contributed by atoms with Crippen molar-refractivity contribution < 1.29 is 17.9 Å². The number of carbonyl (C=O) groups is 1. The Labute approximate surface area is 206 Å². The van der Waals surface area contributed by atoms with Crippen molar-refractivity contribution in [3.63, 3.8) is 0 Å². The van der Waals surface area contributed by atoms with Crippen molar-refractivity contribution in [1.29, 1.82) is 0 Å². The number of methoxy groups -OCH3 is 1. The number of hydrogen-bond acceptors (Lipinski definition) is 5. The van der Waals surface area contributed by atoms with E-state index in [0.717, 1.165) is 4.31 Å². The Morgan fingerprint density at radius 1 is 1.03 bits per heavy atom. The summed E-state index contributed by atoms with van der Waals surface area (Å²) in [5.41, 5.74) is 3.02. The van der Waals surface area contributed by atoms with E-state index >= 15 is 0 Å². The number of halogens is 3. The minimum Gasteiger partial charge on any atom is -0.495 e. The lowest BCUT2D eigenvalue weighted by molar-refractivity contribution is -0.119. The van der Waals surface area contributed by atoms with E-state index in [2.05, 4.69) is 10.5 Å². The Balaban J connectivity index is 1.87. The van der Waals surface area contributed by atoms with Crippen LogP contribution in [0.4, 0.5) is 5.69 Å². The maximum Gasteiger partial charge on any atom is 0.264 e. The molecule has 0 aliphatic carbocycles. The lowest BCUT2D eigenvalue weighted by atomic mass is 10.2. The van der Waals surface area contributed by atoms with Crippen LogP contribution in [-0.2, 0) is 14.8 Å². The number of benzene rings is 3. The smallest absolute Gasteiger partial charge is 0.264 e. The van der Waals surface area contributed by atoms with Gasteiger partial charge >= 0.3 is 0 Å². The van der Waals surface area contributed by atoms with Crippen molar-refractivity contribution in [2.45, 2.75) is 4.90 Å². The first-order chi connectivity index (χ1) is 15.7. The summed E-state index contributed by atoms with van der Waals surface area (Å²) in [5, 5.41) is 4.86. The summed E-state index contributed by atoms with van der Waals surface area (Å²) in [4.78, 5) is 12.6. The number of anilines is 1. The number of hydrogen-bond donors (Lipinski definition) is 1. The van der Waals surface area contributed by atoms with Gasteiger partial charge in [0.15, 0.2) is 0 Å². The molecule has 33 heavy (non-hydrogen) atoms. The maximum absolute atomic E-state index is 13.3. The molecule has 0 aliphatic rings. The van der Waals surface area contributed by atoms with Crippen LogP contribution in [0.3, 0.4) is 0 Å². The fraction of sp³-hybridized carbons (Fsp3) is 0.0909. The molecule has 0 atom stereocenters. The number of carbonyl (C=O) groups excluding carboxylic acids is 1. The first-order valence-corrected chi connectivity index (χ1v) is 12.0. The number of hydrazone groups is 1. The van der Waals surface area contributed by atoms with Crippen molar-refractivity contribution in [2.24, 2.45) is 5.10 Å². The fourth-order valence-corrected chi connectivity index (χ4v) is 4.93. The minimum absolute atomic E-state index is 0.0150. The zero-order valence-electron chi connectivity index (χ0n) is 17.2. The second kappa shape index (κ2) is 10.9. The Kier molecular flexibility index (Phi) is 8.20. The van der Waals surface area contributed by atoms with E-state index < -0.39 is 22.5 Å². The molecule has 7 nitrogen and oxygen atoms in total. The Hall–Kier alpha value is -2.78. The molecule has 0 bridgehead atoms. The summed E-state index contributed by atoms with van der Waals surface area (Å²) in [7, 11) is -2.65. The average molecular weight is 527 g/mol. The van der Waals surface area contributed by atoms with Gasteiger partial charge in [0.2, 0.25) is 0 Å². The van der Waals surface area contributed by atoms with Crippen molar-refractivity contribution >= 4 is 62.6 Å². The van der Waals surface area contributed by atoms with Crippen LogP contribution in [0.15, 0.2) is 76.7 Å². The number of ether oxygens (including phenoxy) is 1. The molecule has 1 N–H and O–H groups in total. The highest BCUT2D eigenvalue weighted by atomic mass is 35.5. The van der Waals surface area contributed by atoms with E-state index in [1.165, 1.54) is 49.7 Å². The largest absolute Gasteiger partial charge is 0.495 e. The number of nitrogens with zero attached hydrogens (tertiary/aromatic N) is 2. The summed E-state index contributed by atoms with van der Waals surface area (Å²) < 4.78 is 32.7. The summed E-state index contributed by atoms with van der Waals surface area (Å²) in [6.07, 6.45) is 1.33. The van der Waals surface area contributed by atoms with Crippen LogP contribution in [0.5, 0.6) is 5.75 Å². The normalized spacial score (nSPS) is 11.4. The standard InChI is InChI=1S/C22H18Cl3N3O4S/c1-32-21-10-9-17(12-20(21)25)28(33(30,31)18-5-3-2-4-6-18)14-22(29)27-26-13-15-7-8-16(23)11-19(15)24/h2-13H,14H2,1H3,(H,27,29)/b26-13-. The van der Waals surface area contributed by atoms with E-state index in [1.807, 2.05) is 0 Å². The molecule has 11 heteroatoms. The van der Waals surface area contributed by atoms with Crippen LogP contribution in [0.1, 0.15) is 5.56 Å². The predicted molar refractivity (Wildman–Crippen MR) is 131 cm³/mol. The van der Waals surface area contributed by atoms with Gasteiger partial charge in [-0.2, -0.15) is 5.10 Å². The van der Waals surface area contributed by atoms with Crippen LogP contribution in [-0.4, -0.2) is 34.2 Å². The summed E-state index contributed by atoms with van der Waals surface area (Å²) in [6, 6.07) is 17.0. The molecule has 3 aromatic rings. The van der Waals surface area contributed by atoms with Crippen molar-refractivity contribution in [1.82, 2.24) is 5.43 Å². The van der Waals surface area contributed by atoms with Gasteiger partial charge in [-0.1, -0.05) is 59.1 Å².